The summed E-state index contributed by atoms with van der Waals surface area (Å²) in [6.07, 6.45) is 0. The van der Waals surface area contributed by atoms with Crippen molar-refractivity contribution in [1.82, 2.24) is 10.9 Å². The van der Waals surface area contributed by atoms with Crippen molar-refractivity contribution in [2.75, 3.05) is 25.7 Å². The average Bonchev–Trinajstić information content (AvgIpc) is 3.23. The van der Waals surface area contributed by atoms with E-state index in [1.807, 2.05) is 24.3 Å². The smallest absolute Gasteiger partial charge is 0.123 e. The first-order valence-corrected chi connectivity index (χ1v) is 10.4. The van der Waals surface area contributed by atoms with Crippen LogP contribution in [0.2, 0.25) is 0 Å². The molecule has 3 unspecified atom stereocenters. The van der Waals surface area contributed by atoms with Crippen molar-refractivity contribution < 1.29 is 9.47 Å². The van der Waals surface area contributed by atoms with Crippen LogP contribution in [0.3, 0.4) is 0 Å². The molecular weight excluding hydrogens is 374 g/mol. The first kappa shape index (κ1) is 19.0. The molecule has 1 fully saturated rings. The molecule has 0 aliphatic carbocycles. The van der Waals surface area contributed by atoms with Crippen LogP contribution in [0.5, 0.6) is 11.5 Å². The second kappa shape index (κ2) is 8.01. The number of fused-ring (bicyclic) bond motifs is 3. The predicted molar refractivity (Wildman–Crippen MR) is 119 cm³/mol. The quantitative estimate of drug-likeness (QED) is 0.670. The Balaban J connectivity index is 1.48. The van der Waals surface area contributed by atoms with Gasteiger partial charge in [-0.3, -0.25) is 0 Å². The number of benzene rings is 3. The average molecular weight is 402 g/mol. The molecule has 2 aliphatic heterocycles. The van der Waals surface area contributed by atoms with Gasteiger partial charge in [-0.1, -0.05) is 48.5 Å². The summed E-state index contributed by atoms with van der Waals surface area (Å²) in [5, 5.41) is 0. The van der Waals surface area contributed by atoms with Gasteiger partial charge in [0.15, 0.2) is 0 Å². The van der Waals surface area contributed by atoms with E-state index in [0.717, 1.165) is 24.6 Å². The Morgan fingerprint density at radius 3 is 2.37 bits per heavy atom. The molecule has 5 nitrogen and oxygen atoms in total. The normalized spacial score (nSPS) is 22.3. The molecule has 0 saturated carbocycles. The number of hydrazine groups is 1. The lowest BCUT2D eigenvalue weighted by atomic mass is 9.82. The Labute approximate surface area is 177 Å². The molecule has 0 bridgehead atoms. The van der Waals surface area contributed by atoms with Crippen LogP contribution in [-0.2, 0) is 6.54 Å². The Morgan fingerprint density at radius 1 is 0.833 bits per heavy atom. The minimum Gasteiger partial charge on any atom is -0.497 e. The van der Waals surface area contributed by atoms with Gasteiger partial charge < -0.3 is 14.4 Å². The standard InChI is InChI=1S/C25H27N3O2/c1-29-19-13-11-17(12-14-19)24-21-16-28(15-18-7-3-6-10-23(18)30-2)22-9-5-4-8-20(22)25(21)27-26-24/h3-14,21,24-27H,15-16H2,1-2H3. The topological polar surface area (TPSA) is 45.8 Å². The van der Waals surface area contributed by atoms with Gasteiger partial charge in [0.2, 0.25) is 0 Å². The van der Waals surface area contributed by atoms with Crippen molar-refractivity contribution in [3.8, 4) is 11.5 Å². The Hall–Kier alpha value is -3.02. The number of nitrogens with zero attached hydrogens (tertiary/aromatic N) is 1. The van der Waals surface area contributed by atoms with Gasteiger partial charge in [-0.2, -0.15) is 0 Å². The fourth-order valence-corrected chi connectivity index (χ4v) is 4.83. The van der Waals surface area contributed by atoms with Crippen LogP contribution in [0.25, 0.3) is 0 Å². The second-order valence-electron chi connectivity index (χ2n) is 7.93. The van der Waals surface area contributed by atoms with Crippen molar-refractivity contribution in [3.05, 3.63) is 89.5 Å². The third kappa shape index (κ3) is 3.30. The van der Waals surface area contributed by atoms with Crippen LogP contribution >= 0.6 is 0 Å². The third-order valence-electron chi connectivity index (χ3n) is 6.32. The summed E-state index contributed by atoms with van der Waals surface area (Å²) >= 11 is 0. The van der Waals surface area contributed by atoms with Gasteiger partial charge in [0.05, 0.1) is 26.3 Å². The van der Waals surface area contributed by atoms with E-state index in [4.69, 9.17) is 9.47 Å². The summed E-state index contributed by atoms with van der Waals surface area (Å²) in [6.45, 7) is 1.77. The molecule has 2 aliphatic rings. The number of ether oxygens (including phenoxy) is 2. The fourth-order valence-electron chi connectivity index (χ4n) is 4.83. The van der Waals surface area contributed by atoms with Gasteiger partial charge in [-0.15, -0.1) is 0 Å². The summed E-state index contributed by atoms with van der Waals surface area (Å²) in [7, 11) is 3.44. The van der Waals surface area contributed by atoms with Gasteiger partial charge >= 0.3 is 0 Å². The molecule has 5 rings (SSSR count). The van der Waals surface area contributed by atoms with E-state index in [9.17, 15) is 0 Å². The number of nitrogens with one attached hydrogen (secondary N) is 2. The van der Waals surface area contributed by atoms with E-state index in [2.05, 4.69) is 64.3 Å². The van der Waals surface area contributed by atoms with Crippen LogP contribution in [-0.4, -0.2) is 20.8 Å². The third-order valence-corrected chi connectivity index (χ3v) is 6.32. The van der Waals surface area contributed by atoms with Crippen molar-refractivity contribution in [1.29, 1.82) is 0 Å². The van der Waals surface area contributed by atoms with E-state index in [0.29, 0.717) is 5.92 Å². The summed E-state index contributed by atoms with van der Waals surface area (Å²) < 4.78 is 10.9. The highest BCUT2D eigenvalue weighted by Crippen LogP contribution is 2.45. The highest BCUT2D eigenvalue weighted by atomic mass is 16.5. The minimum absolute atomic E-state index is 0.231. The van der Waals surface area contributed by atoms with Crippen LogP contribution in [0.15, 0.2) is 72.8 Å². The van der Waals surface area contributed by atoms with Crippen LogP contribution in [0, 0.1) is 5.92 Å². The van der Waals surface area contributed by atoms with E-state index in [-0.39, 0.29) is 12.1 Å². The Kier molecular flexibility index (Phi) is 5.07. The molecule has 3 aromatic rings. The van der Waals surface area contributed by atoms with Crippen LogP contribution < -0.4 is 25.2 Å². The van der Waals surface area contributed by atoms with Gasteiger partial charge in [0, 0.05) is 30.3 Å². The molecule has 154 valence electrons. The summed E-state index contributed by atoms with van der Waals surface area (Å²) in [5.41, 5.74) is 12.2. The number of methoxy groups -OCH3 is 2. The zero-order valence-corrected chi connectivity index (χ0v) is 17.3. The van der Waals surface area contributed by atoms with E-state index >= 15 is 0 Å². The SMILES string of the molecule is COc1ccc(C2NNC3c4ccccc4N(Cc4ccccc4OC)CC23)cc1. The first-order chi connectivity index (χ1) is 14.8. The Bertz CT molecular complexity index is 1020. The van der Waals surface area contributed by atoms with Crippen molar-refractivity contribution >= 4 is 5.69 Å². The van der Waals surface area contributed by atoms with Crippen molar-refractivity contribution in [2.24, 2.45) is 5.92 Å². The molecule has 3 atom stereocenters. The molecule has 2 N–H and O–H groups in total. The number of hydrogen-bond acceptors (Lipinski definition) is 5. The molecule has 5 heteroatoms. The van der Waals surface area contributed by atoms with Gasteiger partial charge in [-0.05, 0) is 35.4 Å². The molecule has 3 aromatic carbocycles. The maximum atomic E-state index is 5.61. The van der Waals surface area contributed by atoms with Gasteiger partial charge in [0.1, 0.15) is 11.5 Å². The monoisotopic (exact) mass is 401 g/mol. The van der Waals surface area contributed by atoms with E-state index in [1.165, 1.54) is 22.4 Å². The second-order valence-corrected chi connectivity index (χ2v) is 7.93. The maximum Gasteiger partial charge on any atom is 0.123 e. The molecule has 0 amide bonds. The number of hydrogen-bond donors (Lipinski definition) is 2. The lowest BCUT2D eigenvalue weighted by Crippen LogP contribution is -2.39. The Morgan fingerprint density at radius 2 is 1.57 bits per heavy atom. The molecule has 1 saturated heterocycles. The highest BCUT2D eigenvalue weighted by Gasteiger charge is 2.43. The minimum atomic E-state index is 0.231. The van der Waals surface area contributed by atoms with Crippen LogP contribution in [0.4, 0.5) is 5.69 Å². The first-order valence-electron chi connectivity index (χ1n) is 10.4. The summed E-state index contributed by atoms with van der Waals surface area (Å²) in [6, 6.07) is 25.9. The largest absolute Gasteiger partial charge is 0.497 e. The molecule has 0 radical (unpaired) electrons. The molecule has 0 aromatic heterocycles. The highest BCUT2D eigenvalue weighted by molar-refractivity contribution is 5.59. The lowest BCUT2D eigenvalue weighted by molar-refractivity contribution is 0.392. The summed E-state index contributed by atoms with van der Waals surface area (Å²) in [5.74, 6) is 2.22. The molecule has 2 heterocycles. The maximum absolute atomic E-state index is 5.61. The zero-order chi connectivity index (χ0) is 20.5. The fraction of sp³-hybridized carbons (Fsp3) is 0.280. The number of para-hydroxylation sites is 2. The summed E-state index contributed by atoms with van der Waals surface area (Å²) in [4.78, 5) is 2.49. The van der Waals surface area contributed by atoms with E-state index in [1.54, 1.807) is 14.2 Å². The van der Waals surface area contributed by atoms with Crippen molar-refractivity contribution in [2.45, 2.75) is 18.6 Å². The predicted octanol–water partition coefficient (Wildman–Crippen LogP) is 4.23. The molecule has 0 spiro atoms. The number of rotatable bonds is 5. The van der Waals surface area contributed by atoms with Crippen LogP contribution in [0.1, 0.15) is 28.8 Å². The zero-order valence-electron chi connectivity index (χ0n) is 17.3. The lowest BCUT2D eigenvalue weighted by Gasteiger charge is -2.39. The van der Waals surface area contributed by atoms with Gasteiger partial charge in [0.25, 0.3) is 0 Å². The van der Waals surface area contributed by atoms with Gasteiger partial charge in [-0.25, -0.2) is 10.9 Å². The molecular formula is C25H27N3O2. The van der Waals surface area contributed by atoms with E-state index < -0.39 is 0 Å². The molecule has 30 heavy (non-hydrogen) atoms. The van der Waals surface area contributed by atoms with Crippen molar-refractivity contribution in [3.63, 3.8) is 0 Å². The number of anilines is 1.